The van der Waals surface area contributed by atoms with E-state index in [2.05, 4.69) is 4.99 Å². The number of amides is 1. The van der Waals surface area contributed by atoms with Crippen molar-refractivity contribution in [3.63, 3.8) is 0 Å². The van der Waals surface area contributed by atoms with Crippen LogP contribution in [0.4, 0.5) is 4.39 Å². The first-order valence-electron chi connectivity index (χ1n) is 8.85. The van der Waals surface area contributed by atoms with Crippen LogP contribution in [0.2, 0.25) is 0 Å². The maximum Gasteiger partial charge on any atom is 0.307 e. The minimum absolute atomic E-state index is 0.0257. The van der Waals surface area contributed by atoms with Crippen molar-refractivity contribution in [3.8, 4) is 0 Å². The Bertz CT molecular complexity index is 1290. The summed E-state index contributed by atoms with van der Waals surface area (Å²) in [5.74, 6) is -1.66. The number of carbonyl (C=O) groups is 2. The smallest absolute Gasteiger partial charge is 0.307 e. The minimum Gasteiger partial charge on any atom is -0.466 e. The van der Waals surface area contributed by atoms with Crippen molar-refractivity contribution in [2.45, 2.75) is 24.8 Å². The monoisotopic (exact) mass is 451 g/mol. The maximum absolute atomic E-state index is 13.4. The Labute approximate surface area is 175 Å². The molecular weight excluding hydrogens is 433 g/mol. The minimum atomic E-state index is -3.92. The fourth-order valence-electron chi connectivity index (χ4n) is 2.74. The summed E-state index contributed by atoms with van der Waals surface area (Å²) < 4.78 is 43.8. The first kappa shape index (κ1) is 21.8. The van der Waals surface area contributed by atoms with E-state index in [4.69, 9.17) is 9.88 Å². The number of halogens is 1. The summed E-state index contributed by atoms with van der Waals surface area (Å²) in [6, 6.07) is 9.36. The van der Waals surface area contributed by atoms with Crippen molar-refractivity contribution in [2.75, 3.05) is 6.61 Å². The van der Waals surface area contributed by atoms with Crippen LogP contribution >= 0.6 is 11.3 Å². The lowest BCUT2D eigenvalue weighted by atomic mass is 10.2. The number of esters is 1. The van der Waals surface area contributed by atoms with Gasteiger partial charge < -0.3 is 9.30 Å². The van der Waals surface area contributed by atoms with Gasteiger partial charge in [-0.15, -0.1) is 0 Å². The molecule has 0 spiro atoms. The molecule has 1 aromatic heterocycles. The van der Waals surface area contributed by atoms with Crippen LogP contribution in [-0.2, 0) is 26.1 Å². The van der Waals surface area contributed by atoms with Gasteiger partial charge in [0.1, 0.15) is 5.82 Å². The van der Waals surface area contributed by atoms with Gasteiger partial charge in [-0.05, 0) is 43.3 Å². The molecule has 8 nitrogen and oxygen atoms in total. The van der Waals surface area contributed by atoms with Gasteiger partial charge in [-0.2, -0.15) is 4.99 Å². The molecule has 158 valence electrons. The van der Waals surface area contributed by atoms with Crippen LogP contribution in [0.3, 0.4) is 0 Å². The van der Waals surface area contributed by atoms with Gasteiger partial charge in [0.05, 0.1) is 28.1 Å². The Morgan fingerprint density at radius 1 is 1.23 bits per heavy atom. The first-order valence-corrected chi connectivity index (χ1v) is 11.2. The highest BCUT2D eigenvalue weighted by molar-refractivity contribution is 7.89. The standard InChI is InChI=1S/C19H18FN3O5S2/c1-2-28-17(24)8-9-23-15-7-6-14(30(21,26)27)11-16(15)29-19(23)22-18(25)12-4-3-5-13(20)10-12/h3-7,10-11H,2,8-9H2,1H3,(H2,21,26,27). The molecule has 0 fully saturated rings. The molecular formula is C19H18FN3O5S2. The Kier molecular flexibility index (Phi) is 6.44. The molecule has 0 radical (unpaired) electrons. The predicted octanol–water partition coefficient (Wildman–Crippen LogP) is 2.18. The topological polar surface area (TPSA) is 121 Å². The molecule has 0 saturated carbocycles. The van der Waals surface area contributed by atoms with Crippen molar-refractivity contribution >= 4 is 43.5 Å². The zero-order chi connectivity index (χ0) is 21.9. The Balaban J connectivity index is 2.11. The lowest BCUT2D eigenvalue weighted by Crippen LogP contribution is -2.19. The first-order chi connectivity index (χ1) is 14.2. The summed E-state index contributed by atoms with van der Waals surface area (Å²) in [5, 5.41) is 5.19. The van der Waals surface area contributed by atoms with E-state index in [0.717, 1.165) is 17.4 Å². The molecule has 0 atom stereocenters. The van der Waals surface area contributed by atoms with Gasteiger partial charge in [-0.1, -0.05) is 17.4 Å². The summed E-state index contributed by atoms with van der Waals surface area (Å²) in [6.45, 7) is 2.09. The van der Waals surface area contributed by atoms with E-state index in [9.17, 15) is 22.4 Å². The highest BCUT2D eigenvalue weighted by Crippen LogP contribution is 2.22. The third kappa shape index (κ3) is 4.99. The normalized spacial score (nSPS) is 12.3. The number of rotatable bonds is 6. The number of hydrogen-bond acceptors (Lipinski definition) is 6. The zero-order valence-electron chi connectivity index (χ0n) is 15.9. The molecule has 3 aromatic rings. The van der Waals surface area contributed by atoms with Crippen molar-refractivity contribution in [1.82, 2.24) is 4.57 Å². The number of hydrogen-bond donors (Lipinski definition) is 1. The van der Waals surface area contributed by atoms with E-state index in [0.29, 0.717) is 10.2 Å². The van der Waals surface area contributed by atoms with Crippen LogP contribution in [0.25, 0.3) is 10.2 Å². The molecule has 0 unspecified atom stereocenters. The summed E-state index contributed by atoms with van der Waals surface area (Å²) >= 11 is 1.06. The molecule has 1 heterocycles. The Hall–Kier alpha value is -2.89. The van der Waals surface area contributed by atoms with Gasteiger partial charge in [0.2, 0.25) is 10.0 Å². The molecule has 0 saturated heterocycles. The van der Waals surface area contributed by atoms with Crippen molar-refractivity contribution in [1.29, 1.82) is 0 Å². The quantitative estimate of drug-likeness (QED) is 0.576. The van der Waals surface area contributed by atoms with E-state index in [1.54, 1.807) is 11.5 Å². The number of aryl methyl sites for hydroxylation is 1. The number of aromatic nitrogens is 1. The highest BCUT2D eigenvalue weighted by Gasteiger charge is 2.15. The van der Waals surface area contributed by atoms with Gasteiger partial charge in [-0.3, -0.25) is 9.59 Å². The number of sulfonamides is 1. The number of benzene rings is 2. The van der Waals surface area contributed by atoms with Crippen LogP contribution in [0.5, 0.6) is 0 Å². The molecule has 30 heavy (non-hydrogen) atoms. The van der Waals surface area contributed by atoms with Crippen LogP contribution in [0, 0.1) is 5.82 Å². The lowest BCUT2D eigenvalue weighted by Gasteiger charge is -2.06. The summed E-state index contributed by atoms with van der Waals surface area (Å²) in [7, 11) is -3.92. The van der Waals surface area contributed by atoms with Crippen LogP contribution in [-0.4, -0.2) is 31.5 Å². The Morgan fingerprint density at radius 2 is 2.00 bits per heavy atom. The number of primary sulfonamides is 1. The third-order valence-corrected chi connectivity index (χ3v) is 6.05. The van der Waals surface area contributed by atoms with Gasteiger partial charge >= 0.3 is 5.97 Å². The number of fused-ring (bicyclic) bond motifs is 1. The van der Waals surface area contributed by atoms with Gasteiger partial charge in [-0.25, -0.2) is 17.9 Å². The number of ether oxygens (including phenoxy) is 1. The van der Waals surface area contributed by atoms with Crippen molar-refractivity contribution in [2.24, 2.45) is 10.1 Å². The second-order valence-corrected chi connectivity index (χ2v) is 8.76. The van der Waals surface area contributed by atoms with E-state index < -0.39 is 27.7 Å². The van der Waals surface area contributed by atoms with Gasteiger partial charge in [0.15, 0.2) is 4.80 Å². The van der Waals surface area contributed by atoms with Crippen LogP contribution in [0.1, 0.15) is 23.7 Å². The molecule has 0 aliphatic heterocycles. The number of nitrogens with zero attached hydrogens (tertiary/aromatic N) is 2. The van der Waals surface area contributed by atoms with Crippen LogP contribution in [0.15, 0.2) is 52.4 Å². The second kappa shape index (κ2) is 8.86. The van der Waals surface area contributed by atoms with Crippen molar-refractivity contribution in [3.05, 3.63) is 58.6 Å². The van der Waals surface area contributed by atoms with Gasteiger partial charge in [0, 0.05) is 12.1 Å². The molecule has 2 N–H and O–H groups in total. The largest absolute Gasteiger partial charge is 0.466 e. The number of carbonyl (C=O) groups excluding carboxylic acids is 2. The summed E-state index contributed by atoms with van der Waals surface area (Å²) in [6.07, 6.45) is 0.0257. The molecule has 1 amide bonds. The molecule has 0 aliphatic rings. The fourth-order valence-corrected chi connectivity index (χ4v) is 4.45. The zero-order valence-corrected chi connectivity index (χ0v) is 17.5. The summed E-state index contributed by atoms with van der Waals surface area (Å²) in [4.78, 5) is 28.5. The van der Waals surface area contributed by atoms with E-state index in [1.807, 2.05) is 0 Å². The highest BCUT2D eigenvalue weighted by atomic mass is 32.2. The van der Waals surface area contributed by atoms with E-state index in [-0.39, 0.29) is 34.8 Å². The molecule has 3 rings (SSSR count). The van der Waals surface area contributed by atoms with E-state index >= 15 is 0 Å². The molecule has 11 heteroatoms. The molecule has 2 aromatic carbocycles. The SMILES string of the molecule is CCOC(=O)CCn1c(=NC(=O)c2cccc(F)c2)sc2cc(S(N)(=O)=O)ccc21. The number of nitrogens with two attached hydrogens (primary N) is 1. The van der Waals surface area contributed by atoms with Crippen LogP contribution < -0.4 is 9.94 Å². The van der Waals surface area contributed by atoms with E-state index in [1.165, 1.54) is 36.4 Å². The fraction of sp³-hybridized carbons (Fsp3) is 0.211. The summed E-state index contributed by atoms with van der Waals surface area (Å²) in [5.41, 5.74) is 0.636. The second-order valence-electron chi connectivity index (χ2n) is 6.19. The Morgan fingerprint density at radius 3 is 2.67 bits per heavy atom. The number of thiazole rings is 1. The average molecular weight is 452 g/mol. The van der Waals surface area contributed by atoms with Gasteiger partial charge in [0.25, 0.3) is 5.91 Å². The third-order valence-electron chi connectivity index (χ3n) is 4.10. The lowest BCUT2D eigenvalue weighted by molar-refractivity contribution is -0.143. The molecule has 0 bridgehead atoms. The predicted molar refractivity (Wildman–Crippen MR) is 109 cm³/mol. The maximum atomic E-state index is 13.4. The van der Waals surface area contributed by atoms with Crippen molar-refractivity contribution < 1.29 is 27.1 Å². The molecule has 0 aliphatic carbocycles. The average Bonchev–Trinajstić information content (AvgIpc) is 3.02.